The van der Waals surface area contributed by atoms with E-state index in [1.807, 2.05) is 12.1 Å². The second kappa shape index (κ2) is 20.6. The minimum Gasteiger partial charge on any atom is -0.346 e. The van der Waals surface area contributed by atoms with Gasteiger partial charge in [0, 0.05) is 79.6 Å². The van der Waals surface area contributed by atoms with E-state index in [-0.39, 0.29) is 66.9 Å². The number of nitrogens with one attached hydrogen (secondary N) is 2. The van der Waals surface area contributed by atoms with Crippen molar-refractivity contribution < 1.29 is 56.7 Å². The van der Waals surface area contributed by atoms with Crippen LogP contribution in [0.15, 0.2) is 66.2 Å². The average molecular weight is 1040 g/mol. The topological polar surface area (TPSA) is 227 Å². The van der Waals surface area contributed by atoms with Gasteiger partial charge in [-0.05, 0) is 90.6 Å². The number of likely N-dealkylation sites (tertiary alicyclic amines) is 1. The minimum absolute atomic E-state index is 0.0170. The molecule has 2 aromatic heterocycles. The third-order valence-corrected chi connectivity index (χ3v) is 16.0. The summed E-state index contributed by atoms with van der Waals surface area (Å²) in [6.07, 6.45) is 2.12. The Balaban J connectivity index is 0.919. The molecule has 17 nitrogen and oxygen atoms in total. The van der Waals surface area contributed by atoms with E-state index in [9.17, 15) is 56.7 Å². The van der Waals surface area contributed by atoms with E-state index in [1.54, 1.807) is 62.5 Å². The predicted octanol–water partition coefficient (Wildman–Crippen LogP) is 6.35. The van der Waals surface area contributed by atoms with Crippen molar-refractivity contribution in [2.24, 2.45) is 5.41 Å². The first-order valence-electron chi connectivity index (χ1n) is 23.3. The average Bonchev–Trinajstić information content (AvgIpc) is 4.16. The number of alkyl halides is 2. The van der Waals surface area contributed by atoms with Crippen LogP contribution in [-0.4, -0.2) is 116 Å². The van der Waals surface area contributed by atoms with E-state index in [1.165, 1.54) is 38.2 Å². The second-order valence-corrected chi connectivity index (χ2v) is 22.7. The highest BCUT2D eigenvalue weighted by Crippen LogP contribution is 2.59. The summed E-state index contributed by atoms with van der Waals surface area (Å²) in [7, 11) is -4.17. The number of halogens is 2. The fourth-order valence-electron chi connectivity index (χ4n) is 9.16. The predicted molar refractivity (Wildman–Crippen MR) is 266 cm³/mol. The fraction of sp³-hybridized carbons (Fsp3) is 0.400. The minimum atomic E-state index is -5.84. The SMILES string of the molecule is CN(CCCC#Cc1cccc2c1CN(C1CCC(=O)NC1=O)C2=O)C(=O)CCN(C(=O)[C@@H]1CCCN1C(=O)C(NC(=O)c1cc2cc(C(F)(F)P(=O)(O)O)ccc2s1)C(C)(C)C)c1ccc2scnc2c1. The highest BCUT2D eigenvalue weighted by atomic mass is 32.1. The third kappa shape index (κ3) is 10.7. The zero-order valence-corrected chi connectivity index (χ0v) is 42.3. The molecule has 4 N–H and O–H groups in total. The van der Waals surface area contributed by atoms with Crippen LogP contribution in [0.1, 0.15) is 102 Å². The first kappa shape index (κ1) is 51.9. The number of hydrogen-bond donors (Lipinski definition) is 4. The number of anilines is 1. The number of nitrogens with zero attached hydrogens (tertiary/aromatic N) is 5. The molecule has 8 rings (SSSR count). The van der Waals surface area contributed by atoms with Crippen LogP contribution in [0.5, 0.6) is 0 Å². The lowest BCUT2D eigenvalue weighted by Gasteiger charge is -2.36. The number of thiazole rings is 1. The van der Waals surface area contributed by atoms with Crippen molar-refractivity contribution in [1.82, 2.24) is 30.3 Å². The molecule has 3 aliphatic rings. The normalized spacial score (nSPS) is 17.6. The standard InChI is InChI=1S/C50H52F2N7O10PS2/c1-49(2,3)43(55-45(63)40-25-30-24-31(14-17-38(30)72-40)50(51,52)70(67,68)69)48(66)58-22-9-13-37(58)47(65)57(32-15-18-39-35(26-32)53-28-71-39)23-20-42(61)56(4)21-7-5-6-10-29-11-8-12-33-34(29)27-59(46(33)64)36-16-19-41(60)54-44(36)62/h8,11-12,14-15,17-18,24-26,28,36-37,43H,5,7,9,13,16,19-23,27H2,1-4H3,(H,55,63)(H,54,60,62)(H2,67,68,69)/t36?,37-,43?/m0/s1. The van der Waals surface area contributed by atoms with Gasteiger partial charge in [-0.25, -0.2) is 4.98 Å². The Labute approximate surface area is 421 Å². The summed E-state index contributed by atoms with van der Waals surface area (Å²) in [5, 5.41) is 5.28. The molecule has 0 bridgehead atoms. The van der Waals surface area contributed by atoms with Crippen LogP contribution in [0.4, 0.5) is 14.5 Å². The van der Waals surface area contributed by atoms with Gasteiger partial charge in [0.15, 0.2) is 0 Å². The van der Waals surface area contributed by atoms with E-state index in [2.05, 4.69) is 27.5 Å². The van der Waals surface area contributed by atoms with Crippen LogP contribution in [-0.2, 0) is 40.7 Å². The smallest absolute Gasteiger partial charge is 0.346 e. The lowest BCUT2D eigenvalue weighted by atomic mass is 9.85. The van der Waals surface area contributed by atoms with Crippen LogP contribution < -0.4 is 15.5 Å². The highest BCUT2D eigenvalue weighted by molar-refractivity contribution is 7.52. The van der Waals surface area contributed by atoms with Gasteiger partial charge < -0.3 is 34.7 Å². The van der Waals surface area contributed by atoms with Gasteiger partial charge in [-0.2, -0.15) is 8.78 Å². The number of benzene rings is 3. The molecule has 22 heteroatoms. The molecule has 0 spiro atoms. The number of imide groups is 1. The molecule has 378 valence electrons. The first-order chi connectivity index (χ1) is 34.0. The van der Waals surface area contributed by atoms with Crippen LogP contribution in [0.2, 0.25) is 0 Å². The van der Waals surface area contributed by atoms with Crippen molar-refractivity contribution in [3.63, 3.8) is 0 Å². The molecule has 5 aromatic rings. The molecule has 0 saturated carbocycles. The largest absolute Gasteiger partial charge is 0.399 e. The van der Waals surface area contributed by atoms with Crippen LogP contribution in [0.25, 0.3) is 20.3 Å². The number of thiophene rings is 1. The number of piperidine rings is 1. The van der Waals surface area contributed by atoms with Crippen LogP contribution in [0, 0.1) is 17.3 Å². The number of amides is 7. The van der Waals surface area contributed by atoms with Crippen molar-refractivity contribution in [2.75, 3.05) is 31.6 Å². The van der Waals surface area contributed by atoms with Crippen LogP contribution >= 0.6 is 30.3 Å². The molecule has 2 unspecified atom stereocenters. The number of carbonyl (C=O) groups excluding carboxylic acids is 7. The Hall–Kier alpha value is -6.43. The molecule has 0 radical (unpaired) electrons. The van der Waals surface area contributed by atoms with Gasteiger partial charge >= 0.3 is 13.3 Å². The number of fused-ring (bicyclic) bond motifs is 3. The zero-order valence-electron chi connectivity index (χ0n) is 39.8. The van der Waals surface area contributed by atoms with Crippen LogP contribution in [0.3, 0.4) is 0 Å². The lowest BCUT2D eigenvalue weighted by Crippen LogP contribution is -2.58. The number of carbonyl (C=O) groups is 7. The molecule has 2 fully saturated rings. The fourth-order valence-corrected chi connectivity index (χ4v) is 11.2. The Kier molecular flexibility index (Phi) is 14.8. The van der Waals surface area contributed by atoms with E-state index < -0.39 is 66.0 Å². The monoisotopic (exact) mass is 1040 g/mol. The van der Waals surface area contributed by atoms with E-state index in [4.69, 9.17) is 0 Å². The summed E-state index contributed by atoms with van der Waals surface area (Å²) in [6, 6.07) is 12.2. The van der Waals surface area contributed by atoms with Gasteiger partial charge in [0.05, 0.1) is 20.6 Å². The number of aromatic nitrogens is 1. The quantitative estimate of drug-likeness (QED) is 0.0415. The van der Waals surface area contributed by atoms with Gasteiger partial charge in [0.1, 0.15) is 18.1 Å². The molecule has 3 atom stereocenters. The maximum Gasteiger partial charge on any atom is 0.399 e. The Bertz CT molecular complexity index is 3140. The van der Waals surface area contributed by atoms with Gasteiger partial charge in [0.2, 0.25) is 29.5 Å². The Morgan fingerprint density at radius 3 is 2.51 bits per heavy atom. The zero-order chi connectivity index (χ0) is 51.9. The maximum absolute atomic E-state index is 14.8. The maximum atomic E-state index is 14.8. The van der Waals surface area contributed by atoms with Crippen molar-refractivity contribution >= 4 is 97.6 Å². The van der Waals surface area contributed by atoms with Crippen molar-refractivity contribution in [1.29, 1.82) is 0 Å². The van der Waals surface area contributed by atoms with Crippen molar-refractivity contribution in [2.45, 2.75) is 96.1 Å². The molecular formula is C50H52F2N7O10PS2. The van der Waals surface area contributed by atoms with Gasteiger partial charge in [-0.3, -0.25) is 43.4 Å². The van der Waals surface area contributed by atoms with E-state index >= 15 is 0 Å². The molecule has 0 aliphatic carbocycles. The summed E-state index contributed by atoms with van der Waals surface area (Å²) >= 11 is 2.39. The lowest BCUT2D eigenvalue weighted by molar-refractivity contribution is -0.141. The summed E-state index contributed by atoms with van der Waals surface area (Å²) in [6.45, 7) is 6.03. The molecule has 3 aromatic carbocycles. The van der Waals surface area contributed by atoms with Gasteiger partial charge in [0.25, 0.3) is 11.8 Å². The molecular weight excluding hydrogens is 992 g/mol. The number of rotatable bonds is 14. The molecule has 7 amide bonds. The Morgan fingerprint density at radius 2 is 1.78 bits per heavy atom. The summed E-state index contributed by atoms with van der Waals surface area (Å²) in [5.74, 6) is 3.32. The second-order valence-electron chi connectivity index (χ2n) is 19.1. The van der Waals surface area contributed by atoms with Crippen molar-refractivity contribution in [3.8, 4) is 11.8 Å². The van der Waals surface area contributed by atoms with E-state index in [0.29, 0.717) is 59.3 Å². The molecule has 3 aliphatic heterocycles. The van der Waals surface area contributed by atoms with Gasteiger partial charge in [-0.1, -0.05) is 44.7 Å². The summed E-state index contributed by atoms with van der Waals surface area (Å²) < 4.78 is 41.9. The number of unbranched alkanes of at least 4 members (excludes halogenated alkanes) is 1. The van der Waals surface area contributed by atoms with Crippen molar-refractivity contribution in [3.05, 3.63) is 93.3 Å². The van der Waals surface area contributed by atoms with E-state index in [0.717, 1.165) is 33.7 Å². The molecule has 5 heterocycles. The summed E-state index contributed by atoms with van der Waals surface area (Å²) in [5.41, 5.74) is -1.55. The highest BCUT2D eigenvalue weighted by Gasteiger charge is 2.50. The first-order valence-corrected chi connectivity index (χ1v) is 26.6. The summed E-state index contributed by atoms with van der Waals surface area (Å²) in [4.78, 5) is 123. The third-order valence-electron chi connectivity index (χ3n) is 13.1. The number of hydrogen-bond acceptors (Lipinski definition) is 11. The molecule has 2 saturated heterocycles. The Morgan fingerprint density at radius 1 is 1.01 bits per heavy atom. The van der Waals surface area contributed by atoms with Gasteiger partial charge in [-0.15, -0.1) is 22.7 Å². The molecule has 72 heavy (non-hydrogen) atoms.